The summed E-state index contributed by atoms with van der Waals surface area (Å²) in [7, 11) is 0. The summed E-state index contributed by atoms with van der Waals surface area (Å²) < 4.78 is 7.51. The highest BCUT2D eigenvalue weighted by molar-refractivity contribution is 7.20. The first kappa shape index (κ1) is 28.7. The van der Waals surface area contributed by atoms with Gasteiger partial charge in [0.15, 0.2) is 0 Å². The van der Waals surface area contributed by atoms with Crippen molar-refractivity contribution < 1.29 is 4.42 Å². The van der Waals surface area contributed by atoms with E-state index in [0.717, 1.165) is 23.2 Å². The van der Waals surface area contributed by atoms with E-state index in [1.165, 1.54) is 67.1 Å². The summed E-state index contributed by atoms with van der Waals surface area (Å²) in [5.74, 6) is 0. The largest absolute Gasteiger partial charge is 0.455 e. The van der Waals surface area contributed by atoms with Gasteiger partial charge in [0.05, 0.1) is 0 Å². The van der Waals surface area contributed by atoms with E-state index in [1.54, 1.807) is 4.88 Å². The molecule has 1 nitrogen and oxygen atoms in total. The smallest absolute Gasteiger partial charge is 0.143 e. The molecule has 2 heteroatoms. The van der Waals surface area contributed by atoms with E-state index in [-0.39, 0.29) is 0 Å². The van der Waals surface area contributed by atoms with Gasteiger partial charge in [-0.25, -0.2) is 0 Å². The van der Waals surface area contributed by atoms with Gasteiger partial charge in [0, 0.05) is 31.3 Å². The highest BCUT2D eigenvalue weighted by Crippen LogP contribution is 2.41. The molecule has 0 aliphatic heterocycles. The van der Waals surface area contributed by atoms with Crippen LogP contribution in [0.25, 0.3) is 60.4 Å². The Bertz CT molecular complexity index is 2020. The van der Waals surface area contributed by atoms with Crippen LogP contribution in [-0.4, -0.2) is 0 Å². The molecule has 2 aromatic heterocycles. The second-order valence-electron chi connectivity index (χ2n) is 10.8. The molecule has 2 heterocycles. The van der Waals surface area contributed by atoms with Gasteiger partial charge in [0.2, 0.25) is 0 Å². The Labute approximate surface area is 259 Å². The molecular weight excluding hydrogens is 541 g/mol. The monoisotopic (exact) mass is 578 g/mol. The van der Waals surface area contributed by atoms with E-state index in [1.807, 2.05) is 37.3 Å². The molecule has 0 bridgehead atoms. The van der Waals surface area contributed by atoms with Crippen molar-refractivity contribution >= 4 is 49.4 Å². The summed E-state index contributed by atoms with van der Waals surface area (Å²) in [5, 5.41) is 3.78. The third-order valence-electron chi connectivity index (χ3n) is 8.09. The number of furan rings is 1. The fraction of sp³-hybridized carbons (Fsp3) is 0.171. The summed E-state index contributed by atoms with van der Waals surface area (Å²) >= 11 is 1.98. The van der Waals surface area contributed by atoms with Gasteiger partial charge in [0.1, 0.15) is 11.2 Å². The van der Waals surface area contributed by atoms with Crippen molar-refractivity contribution in [2.75, 3.05) is 0 Å². The maximum Gasteiger partial charge on any atom is 0.143 e. The van der Waals surface area contributed by atoms with Crippen LogP contribution in [0.2, 0.25) is 0 Å². The Hall–Kier alpha value is -4.40. The lowest BCUT2D eigenvalue weighted by atomic mass is 9.98. The van der Waals surface area contributed by atoms with Crippen molar-refractivity contribution in [2.45, 2.75) is 47.0 Å². The van der Waals surface area contributed by atoms with Crippen LogP contribution in [-0.2, 0) is 12.8 Å². The average Bonchev–Trinajstić information content (AvgIpc) is 3.65. The van der Waals surface area contributed by atoms with Gasteiger partial charge in [-0.2, -0.15) is 0 Å². The normalized spacial score (nSPS) is 12.0. The zero-order chi connectivity index (χ0) is 29.8. The highest BCUT2D eigenvalue weighted by atomic mass is 32.1. The molecule has 0 spiro atoms. The minimum absolute atomic E-state index is 0.946. The van der Waals surface area contributed by atoms with Crippen LogP contribution in [0.5, 0.6) is 0 Å². The number of allylic oxidation sites excluding steroid dienone is 1. The molecule has 5 aromatic carbocycles. The molecule has 0 saturated heterocycles. The molecule has 7 aromatic rings. The molecule has 8 rings (SSSR count). The standard InChI is InChI=1S/C20H18S.C19H14O.C2H6/c1-2-14-10-12-15(13-11-14)16-7-5-8-18-17-6-3-4-9-19(17)21-20(16)18;1-13-9-11-14(12-10-13)15-6-4-7-17-16-5-2-3-8-18(16)20-19(15)17;1-2/h3,5-8,10-13H,2,4,9H2,1H3;2-12H,1H3;1-2H3. The van der Waals surface area contributed by atoms with E-state index >= 15 is 0 Å². The van der Waals surface area contributed by atoms with Crippen LogP contribution in [0.15, 0.2) is 120 Å². The van der Waals surface area contributed by atoms with Gasteiger partial charge in [-0.1, -0.05) is 142 Å². The molecular formula is C41H38OS. The van der Waals surface area contributed by atoms with E-state index in [0.29, 0.717) is 0 Å². The molecule has 0 radical (unpaired) electrons. The van der Waals surface area contributed by atoms with Crippen molar-refractivity contribution in [2.24, 2.45) is 0 Å². The number of para-hydroxylation sites is 2. The summed E-state index contributed by atoms with van der Waals surface area (Å²) in [6, 6.07) is 38.9. The van der Waals surface area contributed by atoms with E-state index in [9.17, 15) is 0 Å². The van der Waals surface area contributed by atoms with Crippen molar-refractivity contribution in [3.63, 3.8) is 0 Å². The number of benzene rings is 5. The lowest BCUT2D eigenvalue weighted by Gasteiger charge is -2.05. The Balaban J connectivity index is 0.000000145. The van der Waals surface area contributed by atoms with Gasteiger partial charge < -0.3 is 4.42 Å². The van der Waals surface area contributed by atoms with Crippen molar-refractivity contribution in [3.8, 4) is 22.3 Å². The number of hydrogen-bond donors (Lipinski definition) is 0. The van der Waals surface area contributed by atoms with E-state index in [4.69, 9.17) is 4.42 Å². The van der Waals surface area contributed by atoms with Crippen molar-refractivity contribution in [3.05, 3.63) is 137 Å². The topological polar surface area (TPSA) is 13.1 Å². The quantitative estimate of drug-likeness (QED) is 0.203. The summed E-state index contributed by atoms with van der Waals surface area (Å²) in [6.45, 7) is 8.31. The Morgan fingerprint density at radius 1 is 0.674 bits per heavy atom. The average molecular weight is 579 g/mol. The number of rotatable bonds is 3. The maximum absolute atomic E-state index is 6.07. The van der Waals surface area contributed by atoms with Gasteiger partial charge in [-0.15, -0.1) is 11.3 Å². The molecule has 0 unspecified atom stereocenters. The van der Waals surface area contributed by atoms with Crippen molar-refractivity contribution in [1.29, 1.82) is 0 Å². The van der Waals surface area contributed by atoms with Gasteiger partial charge in [0.25, 0.3) is 0 Å². The second kappa shape index (κ2) is 12.9. The third kappa shape index (κ3) is 5.68. The molecule has 1 aliphatic carbocycles. The van der Waals surface area contributed by atoms with Crippen LogP contribution in [0.3, 0.4) is 0 Å². The van der Waals surface area contributed by atoms with Crippen LogP contribution in [0.1, 0.15) is 48.8 Å². The molecule has 0 N–H and O–H groups in total. The number of hydrogen-bond acceptors (Lipinski definition) is 2. The second-order valence-corrected chi connectivity index (χ2v) is 11.9. The summed E-state index contributed by atoms with van der Waals surface area (Å²) in [4.78, 5) is 1.55. The van der Waals surface area contributed by atoms with E-state index < -0.39 is 0 Å². The Kier molecular flexibility index (Phi) is 8.58. The number of aryl methyl sites for hydroxylation is 3. The van der Waals surface area contributed by atoms with Gasteiger partial charge >= 0.3 is 0 Å². The molecule has 0 amide bonds. The first-order valence-corrected chi connectivity index (χ1v) is 16.3. The molecule has 0 fully saturated rings. The molecule has 0 saturated carbocycles. The predicted molar refractivity (Wildman–Crippen MR) is 189 cm³/mol. The summed E-state index contributed by atoms with van der Waals surface area (Å²) in [6.07, 6.45) is 8.08. The molecule has 214 valence electrons. The third-order valence-corrected chi connectivity index (χ3v) is 9.41. The fourth-order valence-corrected chi connectivity index (χ4v) is 7.16. The fourth-order valence-electron chi connectivity index (χ4n) is 5.83. The van der Waals surface area contributed by atoms with Crippen LogP contribution >= 0.6 is 11.3 Å². The van der Waals surface area contributed by atoms with Crippen molar-refractivity contribution in [1.82, 2.24) is 0 Å². The predicted octanol–water partition coefficient (Wildman–Crippen LogP) is 12.7. The van der Waals surface area contributed by atoms with Crippen LogP contribution < -0.4 is 0 Å². The minimum Gasteiger partial charge on any atom is -0.455 e. The zero-order valence-electron chi connectivity index (χ0n) is 25.5. The Morgan fingerprint density at radius 3 is 2.09 bits per heavy atom. The minimum atomic E-state index is 0.946. The first-order chi connectivity index (χ1) is 21.2. The maximum atomic E-state index is 6.07. The SMILES string of the molecule is CC.CCc1ccc(-c2cccc3c4c(sc23)CCC=C4)cc1.Cc1ccc(-c2cccc3c2oc2ccccc23)cc1. The van der Waals surface area contributed by atoms with Crippen LogP contribution in [0, 0.1) is 6.92 Å². The number of thiophene rings is 1. The van der Waals surface area contributed by atoms with E-state index in [2.05, 4.69) is 123 Å². The van der Waals surface area contributed by atoms with Gasteiger partial charge in [-0.3, -0.25) is 0 Å². The number of fused-ring (bicyclic) bond motifs is 6. The lowest BCUT2D eigenvalue weighted by molar-refractivity contribution is 0.670. The zero-order valence-corrected chi connectivity index (χ0v) is 26.3. The lowest BCUT2D eigenvalue weighted by Crippen LogP contribution is -1.86. The summed E-state index contributed by atoms with van der Waals surface area (Å²) in [5.41, 5.74) is 11.1. The Morgan fingerprint density at radius 2 is 1.33 bits per heavy atom. The van der Waals surface area contributed by atoms with Gasteiger partial charge in [-0.05, 0) is 60.1 Å². The molecule has 1 aliphatic rings. The highest BCUT2D eigenvalue weighted by Gasteiger charge is 2.15. The first-order valence-electron chi connectivity index (χ1n) is 15.5. The molecule has 0 atom stereocenters. The van der Waals surface area contributed by atoms with Crippen LogP contribution in [0.4, 0.5) is 0 Å². The molecule has 43 heavy (non-hydrogen) atoms.